The van der Waals surface area contributed by atoms with Crippen molar-refractivity contribution in [1.29, 1.82) is 0 Å². The molecular weight excluding hydrogens is 406 g/mol. The van der Waals surface area contributed by atoms with Crippen LogP contribution in [-0.2, 0) is 21.5 Å². The third-order valence-electron chi connectivity index (χ3n) is 4.36. The number of fused-ring (bicyclic) bond motifs is 1. The Labute approximate surface area is 167 Å². The number of anilines is 2. The molecule has 0 radical (unpaired) electrons. The van der Waals surface area contributed by atoms with Crippen molar-refractivity contribution in [2.45, 2.75) is 31.8 Å². The minimum atomic E-state index is -3.87. The molecule has 1 aliphatic heterocycles. The quantitative estimate of drug-likeness (QED) is 0.721. The van der Waals surface area contributed by atoms with Crippen LogP contribution in [0, 0.1) is 18.6 Å². The molecule has 0 aromatic heterocycles. The molecule has 0 aliphatic carbocycles. The zero-order valence-electron chi connectivity index (χ0n) is 15.5. The summed E-state index contributed by atoms with van der Waals surface area (Å²) in [5.41, 5.74) is 1.86. The van der Waals surface area contributed by atoms with Crippen LogP contribution in [0.1, 0.15) is 30.0 Å². The number of nitrogens with one attached hydrogen (secondary N) is 1. The van der Waals surface area contributed by atoms with Crippen molar-refractivity contribution in [3.63, 3.8) is 0 Å². The molecule has 2 aromatic rings. The van der Waals surface area contributed by atoms with Crippen molar-refractivity contribution >= 4 is 38.4 Å². The van der Waals surface area contributed by atoms with Crippen molar-refractivity contribution in [2.75, 3.05) is 16.2 Å². The Bertz CT molecular complexity index is 1000. The summed E-state index contributed by atoms with van der Waals surface area (Å²) in [6.45, 7) is 3.86. The third kappa shape index (κ3) is 4.47. The average Bonchev–Trinajstić information content (AvgIpc) is 2.61. The normalized spacial score (nSPS) is 14.1. The number of rotatable bonds is 6. The summed E-state index contributed by atoms with van der Waals surface area (Å²) >= 11 is 1.17. The fourth-order valence-corrected chi connectivity index (χ4v) is 5.01. The number of carbonyl (C=O) groups excluding carboxylic acids is 1. The van der Waals surface area contributed by atoms with E-state index >= 15 is 0 Å². The topological polar surface area (TPSA) is 66.5 Å². The first kappa shape index (κ1) is 20.6. The number of amides is 1. The summed E-state index contributed by atoms with van der Waals surface area (Å²) in [5, 5.41) is -0.0221. The molecule has 1 heterocycles. The van der Waals surface area contributed by atoms with Gasteiger partial charge in [-0.1, -0.05) is 18.7 Å². The van der Waals surface area contributed by atoms with E-state index in [4.69, 9.17) is 0 Å². The lowest BCUT2D eigenvalue weighted by Crippen LogP contribution is -2.31. The summed E-state index contributed by atoms with van der Waals surface area (Å²) in [7, 11) is -3.87. The Balaban J connectivity index is 1.81. The molecule has 9 heteroatoms. The van der Waals surface area contributed by atoms with Crippen LogP contribution in [0.3, 0.4) is 0 Å². The van der Waals surface area contributed by atoms with Crippen LogP contribution in [0.25, 0.3) is 0 Å². The van der Waals surface area contributed by atoms with Gasteiger partial charge in [0.1, 0.15) is 11.6 Å². The number of hydrogen-bond acceptors (Lipinski definition) is 4. The molecule has 0 bridgehead atoms. The van der Waals surface area contributed by atoms with E-state index in [-0.39, 0.29) is 16.4 Å². The third-order valence-corrected chi connectivity index (χ3v) is 6.54. The number of hydrogen-bond donors (Lipinski definition) is 1. The number of nitrogens with zero attached hydrogens (tertiary/aromatic N) is 1. The van der Waals surface area contributed by atoms with Gasteiger partial charge in [-0.25, -0.2) is 17.2 Å². The maximum Gasteiger partial charge on any atom is 0.286 e. The van der Waals surface area contributed by atoms with Gasteiger partial charge >= 0.3 is 0 Å². The second-order valence-electron chi connectivity index (χ2n) is 6.60. The molecule has 28 heavy (non-hydrogen) atoms. The van der Waals surface area contributed by atoms with Crippen LogP contribution in [0.2, 0.25) is 0 Å². The molecule has 0 atom stereocenters. The number of sulfonamides is 1. The predicted octanol–water partition coefficient (Wildman–Crippen LogP) is 4.80. The average molecular weight is 427 g/mol. The van der Waals surface area contributed by atoms with Gasteiger partial charge in [0, 0.05) is 29.2 Å². The van der Waals surface area contributed by atoms with Gasteiger partial charge in [0.05, 0.1) is 5.75 Å². The largest absolute Gasteiger partial charge is 0.303 e. The SMILES string of the molecule is CCCN1C(=O)SCc2cc(NS(=O)(=O)Cc3cc(F)c(C)c(F)c3)ccc21. The number of benzene rings is 2. The molecule has 0 saturated carbocycles. The molecule has 1 N–H and O–H groups in total. The van der Waals surface area contributed by atoms with Crippen molar-refractivity contribution in [3.05, 3.63) is 58.7 Å². The monoisotopic (exact) mass is 426 g/mol. The Kier molecular flexibility index (Phi) is 5.95. The molecule has 3 rings (SSSR count). The highest BCUT2D eigenvalue weighted by Crippen LogP contribution is 2.35. The van der Waals surface area contributed by atoms with E-state index in [9.17, 15) is 22.0 Å². The highest BCUT2D eigenvalue weighted by atomic mass is 32.2. The van der Waals surface area contributed by atoms with E-state index in [1.54, 1.807) is 23.1 Å². The van der Waals surface area contributed by atoms with E-state index in [1.807, 2.05) is 6.92 Å². The van der Waals surface area contributed by atoms with E-state index in [1.165, 1.54) is 18.7 Å². The minimum Gasteiger partial charge on any atom is -0.303 e. The van der Waals surface area contributed by atoms with E-state index in [0.717, 1.165) is 29.8 Å². The zero-order valence-corrected chi connectivity index (χ0v) is 17.1. The van der Waals surface area contributed by atoms with Crippen LogP contribution in [0.5, 0.6) is 0 Å². The standard InChI is InChI=1S/C19H20F2N2O3S2/c1-3-6-23-18-5-4-15(9-14(18)10-27-19(23)24)22-28(25,26)11-13-7-16(20)12(2)17(21)8-13/h4-5,7-9,22H,3,6,10-11H2,1-2H3. The highest BCUT2D eigenvalue weighted by Gasteiger charge is 2.25. The summed E-state index contributed by atoms with van der Waals surface area (Å²) in [4.78, 5) is 13.7. The molecule has 150 valence electrons. The molecule has 2 aromatic carbocycles. The summed E-state index contributed by atoms with van der Waals surface area (Å²) < 4.78 is 54.7. The summed E-state index contributed by atoms with van der Waals surface area (Å²) in [5.74, 6) is -1.65. The van der Waals surface area contributed by atoms with E-state index < -0.39 is 27.4 Å². The molecule has 0 fully saturated rings. The molecular formula is C19H20F2N2O3S2. The highest BCUT2D eigenvalue weighted by molar-refractivity contribution is 8.13. The van der Waals surface area contributed by atoms with Crippen molar-refractivity contribution in [2.24, 2.45) is 0 Å². The van der Waals surface area contributed by atoms with Crippen LogP contribution in [-0.4, -0.2) is 20.2 Å². The Morgan fingerprint density at radius 2 is 1.86 bits per heavy atom. The van der Waals surface area contributed by atoms with Gasteiger partial charge in [-0.05, 0) is 54.8 Å². The Morgan fingerprint density at radius 1 is 1.18 bits per heavy atom. The van der Waals surface area contributed by atoms with Gasteiger partial charge < -0.3 is 4.90 Å². The maximum atomic E-state index is 13.7. The fraction of sp³-hybridized carbons (Fsp3) is 0.316. The van der Waals surface area contributed by atoms with Gasteiger partial charge in [-0.2, -0.15) is 0 Å². The van der Waals surface area contributed by atoms with Crippen LogP contribution in [0.15, 0.2) is 30.3 Å². The Morgan fingerprint density at radius 3 is 2.50 bits per heavy atom. The lowest BCUT2D eigenvalue weighted by Gasteiger charge is -2.28. The first-order valence-corrected chi connectivity index (χ1v) is 11.4. The number of thioether (sulfide) groups is 1. The van der Waals surface area contributed by atoms with Crippen molar-refractivity contribution in [3.8, 4) is 0 Å². The van der Waals surface area contributed by atoms with Gasteiger partial charge in [-0.15, -0.1) is 0 Å². The summed E-state index contributed by atoms with van der Waals surface area (Å²) in [6.07, 6.45) is 0.809. The Hall–Kier alpha value is -2.13. The second kappa shape index (κ2) is 8.08. The second-order valence-corrected chi connectivity index (χ2v) is 9.24. The van der Waals surface area contributed by atoms with Crippen LogP contribution in [0.4, 0.5) is 25.0 Å². The van der Waals surface area contributed by atoms with Gasteiger partial charge in [0.15, 0.2) is 0 Å². The smallest absolute Gasteiger partial charge is 0.286 e. The first-order valence-electron chi connectivity index (χ1n) is 8.72. The van der Waals surface area contributed by atoms with E-state index in [2.05, 4.69) is 4.72 Å². The van der Waals surface area contributed by atoms with Crippen LogP contribution < -0.4 is 9.62 Å². The lowest BCUT2D eigenvalue weighted by atomic mass is 10.1. The van der Waals surface area contributed by atoms with Crippen molar-refractivity contribution < 1.29 is 22.0 Å². The molecule has 1 amide bonds. The number of halogens is 2. The van der Waals surface area contributed by atoms with Gasteiger partial charge in [0.2, 0.25) is 10.0 Å². The minimum absolute atomic E-state index is 0.0221. The molecule has 0 spiro atoms. The van der Waals surface area contributed by atoms with E-state index in [0.29, 0.717) is 18.0 Å². The molecule has 0 unspecified atom stereocenters. The fourth-order valence-electron chi connectivity index (χ4n) is 3.00. The zero-order chi connectivity index (χ0) is 20.5. The van der Waals surface area contributed by atoms with Crippen molar-refractivity contribution in [1.82, 2.24) is 0 Å². The first-order chi connectivity index (χ1) is 13.2. The summed E-state index contributed by atoms with van der Waals surface area (Å²) in [6, 6.07) is 7.03. The van der Waals surface area contributed by atoms with Gasteiger partial charge in [-0.3, -0.25) is 9.52 Å². The molecule has 5 nitrogen and oxygen atoms in total. The van der Waals surface area contributed by atoms with Crippen LogP contribution >= 0.6 is 11.8 Å². The van der Waals surface area contributed by atoms with Gasteiger partial charge in [0.25, 0.3) is 5.24 Å². The predicted molar refractivity (Wildman–Crippen MR) is 108 cm³/mol. The number of carbonyl (C=O) groups is 1. The maximum absolute atomic E-state index is 13.7. The lowest BCUT2D eigenvalue weighted by molar-refractivity contribution is 0.264. The molecule has 1 aliphatic rings. The molecule has 0 saturated heterocycles.